The maximum Gasteiger partial charge on any atom is 0.0811 e. The van der Waals surface area contributed by atoms with Crippen LogP contribution in [0.15, 0.2) is 0 Å². The van der Waals surface area contributed by atoms with E-state index in [4.69, 9.17) is 10.5 Å². The molecule has 0 saturated heterocycles. The van der Waals surface area contributed by atoms with Gasteiger partial charge in [0.25, 0.3) is 0 Å². The summed E-state index contributed by atoms with van der Waals surface area (Å²) in [7, 11) is 0. The van der Waals surface area contributed by atoms with Gasteiger partial charge in [0.15, 0.2) is 0 Å². The maximum absolute atomic E-state index is 9.49. The summed E-state index contributed by atoms with van der Waals surface area (Å²) >= 11 is 0. The molecule has 1 aliphatic carbocycles. The first-order chi connectivity index (χ1) is 7.53. The Balaban J connectivity index is 2.52. The van der Waals surface area contributed by atoms with E-state index in [-0.39, 0.29) is 11.7 Å². The number of ether oxygens (including phenoxy) is 1. The monoisotopic (exact) mass is 229 g/mol. The highest BCUT2D eigenvalue weighted by Crippen LogP contribution is 2.36. The Bertz CT molecular complexity index is 198. The molecule has 3 heteroatoms. The Labute approximate surface area is 99.4 Å². The van der Waals surface area contributed by atoms with E-state index in [2.05, 4.69) is 6.92 Å². The van der Waals surface area contributed by atoms with Crippen molar-refractivity contribution in [2.45, 2.75) is 70.7 Å². The Morgan fingerprint density at radius 3 is 2.31 bits per heavy atom. The Morgan fingerprint density at radius 2 is 1.94 bits per heavy atom. The molecule has 3 nitrogen and oxygen atoms in total. The summed E-state index contributed by atoms with van der Waals surface area (Å²) in [5.74, 6) is 0.838. The molecule has 0 spiro atoms. The smallest absolute Gasteiger partial charge is 0.0811 e. The van der Waals surface area contributed by atoms with E-state index in [9.17, 15) is 5.11 Å². The van der Waals surface area contributed by atoms with Crippen LogP contribution in [0.4, 0.5) is 0 Å². The molecule has 3 N–H and O–H groups in total. The molecule has 16 heavy (non-hydrogen) atoms. The van der Waals surface area contributed by atoms with Crippen molar-refractivity contribution < 1.29 is 9.84 Å². The molecule has 1 aliphatic rings. The fourth-order valence-corrected chi connectivity index (χ4v) is 2.47. The van der Waals surface area contributed by atoms with Crippen LogP contribution in [0.5, 0.6) is 0 Å². The third-order valence-corrected chi connectivity index (χ3v) is 4.08. The molecule has 0 aromatic carbocycles. The molecular weight excluding hydrogens is 202 g/mol. The van der Waals surface area contributed by atoms with Gasteiger partial charge in [-0.05, 0) is 45.4 Å². The minimum atomic E-state index is -0.424. The van der Waals surface area contributed by atoms with Crippen LogP contribution in [0, 0.1) is 5.92 Å². The fourth-order valence-electron chi connectivity index (χ4n) is 2.47. The van der Waals surface area contributed by atoms with Crippen LogP contribution in [0.2, 0.25) is 0 Å². The average molecular weight is 229 g/mol. The van der Waals surface area contributed by atoms with E-state index in [0.29, 0.717) is 6.54 Å². The molecule has 0 aliphatic heterocycles. The molecule has 2 unspecified atom stereocenters. The molecule has 0 aromatic heterocycles. The summed E-state index contributed by atoms with van der Waals surface area (Å²) in [5.41, 5.74) is 5.69. The van der Waals surface area contributed by atoms with E-state index >= 15 is 0 Å². The predicted octanol–water partition coefficient (Wildman–Crippen LogP) is 2.07. The second kappa shape index (κ2) is 5.99. The molecule has 0 aromatic rings. The summed E-state index contributed by atoms with van der Waals surface area (Å²) in [6.07, 6.45) is 5.21. The lowest BCUT2D eigenvalue weighted by Crippen LogP contribution is -2.47. The van der Waals surface area contributed by atoms with Gasteiger partial charge < -0.3 is 15.6 Å². The van der Waals surface area contributed by atoms with Gasteiger partial charge in [0.2, 0.25) is 0 Å². The number of aliphatic hydroxyl groups is 1. The first-order valence-corrected chi connectivity index (χ1v) is 6.59. The standard InChI is InChI=1S/C13H27NO2/c1-4-12-5-7-13(9-14,8-6-12)16-11(3)10(2)15/h10-12,15H,4-9,14H2,1-3H3. The van der Waals surface area contributed by atoms with Gasteiger partial charge in [0, 0.05) is 6.54 Å². The zero-order chi connectivity index (χ0) is 12.2. The lowest BCUT2D eigenvalue weighted by atomic mass is 9.77. The van der Waals surface area contributed by atoms with Crippen molar-refractivity contribution in [2.75, 3.05) is 6.54 Å². The molecule has 2 atom stereocenters. The number of nitrogens with two attached hydrogens (primary N) is 1. The minimum Gasteiger partial charge on any atom is -0.391 e. The summed E-state index contributed by atoms with van der Waals surface area (Å²) < 4.78 is 6.01. The van der Waals surface area contributed by atoms with E-state index in [0.717, 1.165) is 18.8 Å². The van der Waals surface area contributed by atoms with Gasteiger partial charge in [-0.2, -0.15) is 0 Å². The average Bonchev–Trinajstić information content (AvgIpc) is 2.29. The van der Waals surface area contributed by atoms with Crippen LogP contribution in [-0.4, -0.2) is 29.5 Å². The summed E-state index contributed by atoms with van der Waals surface area (Å²) in [5, 5.41) is 9.49. The van der Waals surface area contributed by atoms with Gasteiger partial charge in [-0.15, -0.1) is 0 Å². The van der Waals surface area contributed by atoms with Crippen LogP contribution in [0.1, 0.15) is 52.9 Å². The van der Waals surface area contributed by atoms with Crippen molar-refractivity contribution in [1.29, 1.82) is 0 Å². The first kappa shape index (κ1) is 13.9. The maximum atomic E-state index is 9.49. The number of aliphatic hydroxyl groups excluding tert-OH is 1. The van der Waals surface area contributed by atoms with Gasteiger partial charge in [0.05, 0.1) is 17.8 Å². The van der Waals surface area contributed by atoms with Crippen molar-refractivity contribution >= 4 is 0 Å². The third kappa shape index (κ3) is 3.44. The molecule has 1 rings (SSSR count). The molecule has 1 saturated carbocycles. The highest BCUT2D eigenvalue weighted by Gasteiger charge is 2.36. The zero-order valence-corrected chi connectivity index (χ0v) is 10.9. The highest BCUT2D eigenvalue weighted by molar-refractivity contribution is 4.89. The van der Waals surface area contributed by atoms with Crippen LogP contribution >= 0.6 is 0 Å². The molecule has 1 fully saturated rings. The van der Waals surface area contributed by atoms with Crippen molar-refractivity contribution in [1.82, 2.24) is 0 Å². The molecule has 0 radical (unpaired) electrons. The molecule has 0 heterocycles. The topological polar surface area (TPSA) is 55.5 Å². The summed E-state index contributed by atoms with van der Waals surface area (Å²) in [4.78, 5) is 0. The summed E-state index contributed by atoms with van der Waals surface area (Å²) in [6, 6.07) is 0. The van der Waals surface area contributed by atoms with Gasteiger partial charge in [0.1, 0.15) is 0 Å². The zero-order valence-electron chi connectivity index (χ0n) is 10.9. The Kier molecular flexibility index (Phi) is 5.22. The second-order valence-electron chi connectivity index (χ2n) is 5.30. The Hall–Kier alpha value is -0.120. The Morgan fingerprint density at radius 1 is 1.38 bits per heavy atom. The largest absolute Gasteiger partial charge is 0.391 e. The van der Waals surface area contributed by atoms with Crippen LogP contribution in [-0.2, 0) is 4.74 Å². The van der Waals surface area contributed by atoms with Gasteiger partial charge in [-0.1, -0.05) is 13.3 Å². The molecular formula is C13H27NO2. The second-order valence-corrected chi connectivity index (χ2v) is 5.30. The van der Waals surface area contributed by atoms with Gasteiger partial charge >= 0.3 is 0 Å². The van der Waals surface area contributed by atoms with Gasteiger partial charge in [-0.25, -0.2) is 0 Å². The van der Waals surface area contributed by atoms with E-state index in [1.165, 1.54) is 19.3 Å². The fraction of sp³-hybridized carbons (Fsp3) is 1.00. The number of rotatable bonds is 5. The number of hydrogen-bond acceptors (Lipinski definition) is 3. The minimum absolute atomic E-state index is 0.123. The first-order valence-electron chi connectivity index (χ1n) is 6.59. The third-order valence-electron chi connectivity index (χ3n) is 4.08. The molecule has 0 amide bonds. The van der Waals surface area contributed by atoms with Crippen LogP contribution in [0.25, 0.3) is 0 Å². The van der Waals surface area contributed by atoms with E-state index in [1.54, 1.807) is 6.92 Å². The SMILES string of the molecule is CCC1CCC(CN)(OC(C)C(C)O)CC1. The van der Waals surface area contributed by atoms with E-state index in [1.807, 2.05) is 6.92 Å². The van der Waals surface area contributed by atoms with Crippen molar-refractivity contribution in [3.63, 3.8) is 0 Å². The predicted molar refractivity (Wildman–Crippen MR) is 66.3 cm³/mol. The normalized spacial score (nSPS) is 34.7. The van der Waals surface area contributed by atoms with E-state index < -0.39 is 6.10 Å². The van der Waals surface area contributed by atoms with Gasteiger partial charge in [-0.3, -0.25) is 0 Å². The molecule has 0 bridgehead atoms. The molecule has 96 valence electrons. The number of hydrogen-bond donors (Lipinski definition) is 2. The quantitative estimate of drug-likeness (QED) is 0.759. The van der Waals surface area contributed by atoms with Crippen LogP contribution in [0.3, 0.4) is 0 Å². The lowest BCUT2D eigenvalue weighted by Gasteiger charge is -2.41. The van der Waals surface area contributed by atoms with Crippen LogP contribution < -0.4 is 5.73 Å². The highest BCUT2D eigenvalue weighted by atomic mass is 16.5. The van der Waals surface area contributed by atoms with Crippen molar-refractivity contribution in [2.24, 2.45) is 11.7 Å². The lowest BCUT2D eigenvalue weighted by molar-refractivity contribution is -0.138. The van der Waals surface area contributed by atoms with Crippen molar-refractivity contribution in [3.05, 3.63) is 0 Å². The van der Waals surface area contributed by atoms with Crippen molar-refractivity contribution in [3.8, 4) is 0 Å². The summed E-state index contributed by atoms with van der Waals surface area (Å²) in [6.45, 7) is 6.51.